The van der Waals surface area contributed by atoms with Crippen molar-refractivity contribution in [1.82, 2.24) is 10.7 Å². The minimum atomic E-state index is 0.291. The smallest absolute Gasteiger partial charge is 0.187 e. The van der Waals surface area contributed by atoms with E-state index in [2.05, 4.69) is 15.8 Å². The Kier molecular flexibility index (Phi) is 6.60. The van der Waals surface area contributed by atoms with Crippen molar-refractivity contribution in [2.45, 2.75) is 19.9 Å². The van der Waals surface area contributed by atoms with Crippen LogP contribution >= 0.6 is 12.2 Å². The van der Waals surface area contributed by atoms with Crippen molar-refractivity contribution < 1.29 is 4.74 Å². The van der Waals surface area contributed by atoms with Gasteiger partial charge in [0.05, 0.1) is 7.11 Å². The van der Waals surface area contributed by atoms with Crippen molar-refractivity contribution in [3.8, 4) is 5.75 Å². The van der Waals surface area contributed by atoms with E-state index < -0.39 is 0 Å². The van der Waals surface area contributed by atoms with Crippen LogP contribution < -0.4 is 15.5 Å². The molecule has 0 heterocycles. The summed E-state index contributed by atoms with van der Waals surface area (Å²) >= 11 is 5.03. The van der Waals surface area contributed by atoms with Gasteiger partial charge in [-0.1, -0.05) is 18.2 Å². The molecule has 0 fully saturated rings. The first-order valence-electron chi connectivity index (χ1n) is 6.02. The first-order valence-corrected chi connectivity index (χ1v) is 6.43. The van der Waals surface area contributed by atoms with Gasteiger partial charge in [0.2, 0.25) is 0 Å². The highest BCUT2D eigenvalue weighted by molar-refractivity contribution is 7.80. The molecule has 0 aliphatic carbocycles. The summed E-state index contributed by atoms with van der Waals surface area (Å²) in [7, 11) is 1.65. The summed E-state index contributed by atoms with van der Waals surface area (Å²) in [5.41, 5.74) is 3.74. The van der Waals surface area contributed by atoms with Crippen LogP contribution in [-0.2, 0) is 0 Å². The van der Waals surface area contributed by atoms with Gasteiger partial charge in [0.25, 0.3) is 0 Å². The third-order valence-electron chi connectivity index (χ3n) is 2.16. The number of allylic oxidation sites excluding steroid dienone is 1. The molecular formula is C14H19N3OS. The molecule has 0 radical (unpaired) electrons. The second kappa shape index (κ2) is 8.26. The Morgan fingerprint density at radius 3 is 2.79 bits per heavy atom. The zero-order chi connectivity index (χ0) is 14.1. The van der Waals surface area contributed by atoms with Gasteiger partial charge >= 0.3 is 0 Å². The molecule has 0 spiro atoms. The van der Waals surface area contributed by atoms with E-state index >= 15 is 0 Å². The lowest BCUT2D eigenvalue weighted by Gasteiger charge is -2.08. The summed E-state index contributed by atoms with van der Waals surface area (Å²) in [4.78, 5) is 0. The number of nitrogens with one attached hydrogen (secondary N) is 2. The molecule has 1 aromatic carbocycles. The van der Waals surface area contributed by atoms with Crippen LogP contribution in [0.3, 0.4) is 0 Å². The van der Waals surface area contributed by atoms with Crippen molar-refractivity contribution in [3.05, 3.63) is 35.9 Å². The Labute approximate surface area is 119 Å². The van der Waals surface area contributed by atoms with Crippen LogP contribution in [0.4, 0.5) is 0 Å². The summed E-state index contributed by atoms with van der Waals surface area (Å²) in [5, 5.41) is 7.53. The van der Waals surface area contributed by atoms with Crippen LogP contribution in [0.15, 0.2) is 35.4 Å². The molecule has 4 nitrogen and oxygen atoms in total. The number of thiocarbonyl (C=S) groups is 1. The number of hydrogen-bond acceptors (Lipinski definition) is 3. The fourth-order valence-corrected chi connectivity index (χ4v) is 1.67. The maximum Gasteiger partial charge on any atom is 0.187 e. The summed E-state index contributed by atoms with van der Waals surface area (Å²) in [6, 6.07) is 8.07. The molecular weight excluding hydrogens is 258 g/mol. The van der Waals surface area contributed by atoms with Crippen LogP contribution in [-0.4, -0.2) is 24.5 Å². The summed E-state index contributed by atoms with van der Waals surface area (Å²) < 4.78 is 5.24. The zero-order valence-electron chi connectivity index (χ0n) is 11.4. The van der Waals surface area contributed by atoms with Gasteiger partial charge in [-0.25, -0.2) is 0 Å². The van der Waals surface area contributed by atoms with E-state index in [1.165, 1.54) is 0 Å². The molecule has 0 bridgehead atoms. The number of hydrogen-bond donors (Lipinski definition) is 2. The summed E-state index contributed by atoms with van der Waals surface area (Å²) in [6.45, 7) is 4.03. The Bertz CT molecular complexity index is 470. The first kappa shape index (κ1) is 15.2. The monoisotopic (exact) mass is 277 g/mol. The number of para-hydroxylation sites is 1. The summed E-state index contributed by atoms with van der Waals surface area (Å²) in [6.07, 6.45) is 5.38. The Morgan fingerprint density at radius 1 is 1.37 bits per heavy atom. The molecule has 2 N–H and O–H groups in total. The maximum absolute atomic E-state index is 5.24. The first-order chi connectivity index (χ1) is 9.13. The molecule has 0 aromatic heterocycles. The average molecular weight is 277 g/mol. The number of ether oxygens (including phenoxy) is 1. The van der Waals surface area contributed by atoms with Gasteiger partial charge in [0.15, 0.2) is 5.11 Å². The SMILES string of the molecule is COc1ccccc1/C=C/C=N\NC(=S)NC(C)C. The van der Waals surface area contributed by atoms with Gasteiger partial charge in [-0.3, -0.25) is 5.43 Å². The Hall–Kier alpha value is -1.88. The average Bonchev–Trinajstić information content (AvgIpc) is 2.38. The molecule has 102 valence electrons. The Morgan fingerprint density at radius 2 is 2.11 bits per heavy atom. The van der Waals surface area contributed by atoms with Crippen molar-refractivity contribution in [3.63, 3.8) is 0 Å². The van der Waals surface area contributed by atoms with Crippen molar-refractivity contribution in [2.24, 2.45) is 5.10 Å². The van der Waals surface area contributed by atoms with Gasteiger partial charge in [-0.05, 0) is 44.3 Å². The fraction of sp³-hybridized carbons (Fsp3) is 0.286. The molecule has 1 aromatic rings. The minimum Gasteiger partial charge on any atom is -0.496 e. The number of rotatable bonds is 5. The van der Waals surface area contributed by atoms with Crippen LogP contribution in [0.2, 0.25) is 0 Å². The highest BCUT2D eigenvalue weighted by atomic mass is 32.1. The molecule has 0 aliphatic heterocycles. The molecule has 0 saturated heterocycles. The van der Waals surface area contributed by atoms with Crippen molar-refractivity contribution in [1.29, 1.82) is 0 Å². The van der Waals surface area contributed by atoms with Gasteiger partial charge in [0, 0.05) is 17.8 Å². The predicted octanol–water partition coefficient (Wildman–Crippen LogP) is 2.57. The molecule has 0 amide bonds. The molecule has 0 aliphatic rings. The predicted molar refractivity (Wildman–Crippen MR) is 84.5 cm³/mol. The zero-order valence-corrected chi connectivity index (χ0v) is 12.2. The lowest BCUT2D eigenvalue weighted by atomic mass is 10.2. The van der Waals surface area contributed by atoms with Gasteiger partial charge in [0.1, 0.15) is 5.75 Å². The van der Waals surface area contributed by atoms with E-state index in [0.717, 1.165) is 11.3 Å². The normalized spacial score (nSPS) is 11.2. The quantitative estimate of drug-likeness (QED) is 0.493. The highest BCUT2D eigenvalue weighted by Gasteiger charge is 1.96. The van der Waals surface area contributed by atoms with Crippen LogP contribution in [0.1, 0.15) is 19.4 Å². The third-order valence-corrected chi connectivity index (χ3v) is 2.37. The number of hydrazone groups is 1. The van der Waals surface area contributed by atoms with Gasteiger partial charge in [-0.15, -0.1) is 0 Å². The minimum absolute atomic E-state index is 0.291. The molecule has 1 rings (SSSR count). The lowest BCUT2D eigenvalue weighted by Crippen LogP contribution is -2.36. The highest BCUT2D eigenvalue weighted by Crippen LogP contribution is 2.18. The Balaban J connectivity index is 2.47. The molecule has 5 heteroatoms. The lowest BCUT2D eigenvalue weighted by molar-refractivity contribution is 0.414. The number of nitrogens with zero attached hydrogens (tertiary/aromatic N) is 1. The van der Waals surface area contributed by atoms with E-state index in [-0.39, 0.29) is 0 Å². The second-order valence-electron chi connectivity index (χ2n) is 4.12. The largest absolute Gasteiger partial charge is 0.496 e. The second-order valence-corrected chi connectivity index (χ2v) is 4.53. The standard InChI is InChI=1S/C14H19N3OS/c1-11(2)16-14(19)17-15-10-6-8-12-7-4-5-9-13(12)18-3/h4-11H,1-3H3,(H2,16,17,19)/b8-6+,15-10-. The maximum atomic E-state index is 5.24. The van der Waals surface area contributed by atoms with Crippen LogP contribution in [0, 0.1) is 0 Å². The molecule has 0 saturated carbocycles. The topological polar surface area (TPSA) is 45.6 Å². The number of methoxy groups -OCH3 is 1. The van der Waals surface area contributed by atoms with Crippen molar-refractivity contribution >= 4 is 29.6 Å². The molecule has 19 heavy (non-hydrogen) atoms. The van der Waals surface area contributed by atoms with E-state index in [1.54, 1.807) is 13.3 Å². The van der Waals surface area contributed by atoms with E-state index in [1.807, 2.05) is 50.3 Å². The molecule has 0 unspecified atom stereocenters. The fourth-order valence-electron chi connectivity index (χ4n) is 1.38. The summed E-state index contributed by atoms with van der Waals surface area (Å²) in [5.74, 6) is 0.831. The van der Waals surface area contributed by atoms with E-state index in [9.17, 15) is 0 Å². The van der Waals surface area contributed by atoms with E-state index in [0.29, 0.717) is 11.2 Å². The van der Waals surface area contributed by atoms with Crippen molar-refractivity contribution in [2.75, 3.05) is 7.11 Å². The van der Waals surface area contributed by atoms with Crippen LogP contribution in [0.25, 0.3) is 6.08 Å². The van der Waals surface area contributed by atoms with Gasteiger partial charge < -0.3 is 10.1 Å². The third kappa shape index (κ3) is 6.01. The molecule has 0 atom stereocenters. The number of benzene rings is 1. The van der Waals surface area contributed by atoms with Gasteiger partial charge in [-0.2, -0.15) is 5.10 Å². The van der Waals surface area contributed by atoms with E-state index in [4.69, 9.17) is 17.0 Å². The van der Waals surface area contributed by atoms with Crippen LogP contribution in [0.5, 0.6) is 5.75 Å².